The normalized spacial score (nSPS) is 18.4. The van der Waals surface area contributed by atoms with Gasteiger partial charge in [-0.3, -0.25) is 14.9 Å². The molecular weight excluding hydrogens is 488 g/mol. The van der Waals surface area contributed by atoms with Gasteiger partial charge in [0.25, 0.3) is 0 Å². The topological polar surface area (TPSA) is 96.0 Å². The van der Waals surface area contributed by atoms with Gasteiger partial charge in [0, 0.05) is 60.2 Å². The van der Waals surface area contributed by atoms with E-state index in [9.17, 15) is 4.79 Å². The van der Waals surface area contributed by atoms with Crippen molar-refractivity contribution in [3.63, 3.8) is 0 Å². The molecule has 0 unspecified atom stereocenters. The van der Waals surface area contributed by atoms with Crippen molar-refractivity contribution in [3.8, 4) is 17.1 Å². The number of aryl methyl sites for hydroxylation is 1. The summed E-state index contributed by atoms with van der Waals surface area (Å²) >= 11 is 0. The Balaban J connectivity index is 1.24. The van der Waals surface area contributed by atoms with Crippen LogP contribution in [0.1, 0.15) is 58.1 Å². The van der Waals surface area contributed by atoms with Gasteiger partial charge in [0.05, 0.1) is 12.1 Å². The van der Waals surface area contributed by atoms with Crippen LogP contribution in [0.5, 0.6) is 5.75 Å². The zero-order valence-corrected chi connectivity index (χ0v) is 22.7. The van der Waals surface area contributed by atoms with Crippen LogP contribution in [0.25, 0.3) is 11.4 Å². The minimum atomic E-state index is -0.417. The van der Waals surface area contributed by atoms with E-state index in [1.54, 1.807) is 12.4 Å². The number of ketones is 1. The summed E-state index contributed by atoms with van der Waals surface area (Å²) in [5, 5.41) is 11.5. The second-order valence-electron chi connectivity index (χ2n) is 10.9. The Morgan fingerprint density at radius 2 is 1.92 bits per heavy atom. The number of fused-ring (bicyclic) bond motifs is 1. The van der Waals surface area contributed by atoms with Crippen LogP contribution in [-0.4, -0.2) is 57.6 Å². The molecule has 0 bridgehead atoms. The van der Waals surface area contributed by atoms with E-state index in [-0.39, 0.29) is 11.7 Å². The first-order chi connectivity index (χ1) is 18.9. The van der Waals surface area contributed by atoms with Gasteiger partial charge in [-0.25, -0.2) is 4.98 Å². The van der Waals surface area contributed by atoms with E-state index in [0.29, 0.717) is 24.4 Å². The Kier molecular flexibility index (Phi) is 6.64. The molecule has 2 aromatic heterocycles. The number of aromatic amines is 1. The highest BCUT2D eigenvalue weighted by atomic mass is 16.5. The van der Waals surface area contributed by atoms with Crippen LogP contribution in [0.4, 0.5) is 5.69 Å². The summed E-state index contributed by atoms with van der Waals surface area (Å²) in [5.74, 6) is 2.61. The molecule has 1 fully saturated rings. The summed E-state index contributed by atoms with van der Waals surface area (Å²) in [5.41, 5.74) is 5.63. The summed E-state index contributed by atoms with van der Waals surface area (Å²) in [7, 11) is 2.14. The van der Waals surface area contributed by atoms with Gasteiger partial charge < -0.3 is 15.0 Å². The maximum absolute atomic E-state index is 13.4. The minimum Gasteiger partial charge on any atom is -0.492 e. The maximum atomic E-state index is 13.4. The number of piperidine rings is 1. The summed E-state index contributed by atoms with van der Waals surface area (Å²) in [4.78, 5) is 24.8. The molecule has 0 aliphatic carbocycles. The molecule has 2 aliphatic rings. The zero-order valence-electron chi connectivity index (χ0n) is 22.7. The van der Waals surface area contributed by atoms with Gasteiger partial charge in [0.15, 0.2) is 17.4 Å². The number of H-pyrrole nitrogens is 1. The quantitative estimate of drug-likeness (QED) is 0.319. The number of Topliss-reactive ketones (excluding diaryl/α,β-unsaturated/α-hetero) is 1. The lowest BCUT2D eigenvalue weighted by molar-refractivity contribution is 0.0969. The standard InChI is InChI=1S/C31H34N6O2/c1-20-7-8-26-24(19-39-28(26)21(20)2)18-27(38)23-5-4-6-25(17-23)34-31(11-15-37(3)16-12-31)30-33-29(35-36-30)22-9-13-32-14-10-22/h4-10,13-14,17,24,34H,11-12,15-16,18-19H2,1-3H3,(H,33,35,36)/t24-/m0/s1. The first-order valence-electron chi connectivity index (χ1n) is 13.6. The molecule has 2 aliphatic heterocycles. The number of anilines is 1. The van der Waals surface area contributed by atoms with Gasteiger partial charge in [-0.05, 0) is 69.1 Å². The largest absolute Gasteiger partial charge is 0.492 e. The van der Waals surface area contributed by atoms with Crippen molar-refractivity contribution < 1.29 is 9.53 Å². The summed E-state index contributed by atoms with van der Waals surface area (Å²) < 4.78 is 6.00. The Hall–Kier alpha value is -4.04. The fraction of sp³-hybridized carbons (Fsp3) is 0.355. The number of aromatic nitrogens is 4. The lowest BCUT2D eigenvalue weighted by Gasteiger charge is -2.40. The van der Waals surface area contributed by atoms with E-state index >= 15 is 0 Å². The van der Waals surface area contributed by atoms with Crippen LogP contribution >= 0.6 is 0 Å². The molecule has 1 saturated heterocycles. The molecule has 8 nitrogen and oxygen atoms in total. The average Bonchev–Trinajstić information content (AvgIpc) is 3.62. The third kappa shape index (κ3) is 4.92. The van der Waals surface area contributed by atoms with Gasteiger partial charge in [-0.1, -0.05) is 24.3 Å². The molecule has 4 heterocycles. The van der Waals surface area contributed by atoms with Gasteiger partial charge in [-0.15, -0.1) is 0 Å². The second-order valence-corrected chi connectivity index (χ2v) is 10.9. The molecule has 39 heavy (non-hydrogen) atoms. The maximum Gasteiger partial charge on any atom is 0.181 e. The smallest absolute Gasteiger partial charge is 0.181 e. The van der Waals surface area contributed by atoms with Crippen molar-refractivity contribution >= 4 is 11.5 Å². The number of carbonyl (C=O) groups excluding carboxylic acids is 1. The second kappa shape index (κ2) is 10.3. The summed E-state index contributed by atoms with van der Waals surface area (Å²) in [6.45, 7) is 6.58. The fourth-order valence-electron chi connectivity index (χ4n) is 5.68. The highest BCUT2D eigenvalue weighted by molar-refractivity contribution is 5.97. The monoisotopic (exact) mass is 522 g/mol. The molecule has 2 N–H and O–H groups in total. The van der Waals surface area contributed by atoms with Crippen molar-refractivity contribution in [2.75, 3.05) is 32.1 Å². The van der Waals surface area contributed by atoms with E-state index < -0.39 is 5.54 Å². The van der Waals surface area contributed by atoms with Crippen LogP contribution in [0, 0.1) is 13.8 Å². The van der Waals surface area contributed by atoms with E-state index in [1.165, 1.54) is 5.56 Å². The number of hydrogen-bond acceptors (Lipinski definition) is 7. The number of carbonyl (C=O) groups is 1. The number of nitrogens with one attached hydrogen (secondary N) is 2. The van der Waals surface area contributed by atoms with Gasteiger partial charge >= 0.3 is 0 Å². The van der Waals surface area contributed by atoms with Crippen LogP contribution in [-0.2, 0) is 5.54 Å². The van der Waals surface area contributed by atoms with Crippen molar-refractivity contribution in [3.05, 3.63) is 89.0 Å². The molecule has 6 rings (SSSR count). The zero-order chi connectivity index (χ0) is 27.0. The molecule has 0 spiro atoms. The number of rotatable bonds is 7. The number of ether oxygens (including phenoxy) is 1. The first-order valence-corrected chi connectivity index (χ1v) is 13.6. The summed E-state index contributed by atoms with van der Waals surface area (Å²) in [6.07, 6.45) is 5.64. The molecule has 4 aromatic rings. The molecule has 1 atom stereocenters. The van der Waals surface area contributed by atoms with Gasteiger partial charge in [0.1, 0.15) is 5.75 Å². The fourth-order valence-corrected chi connectivity index (χ4v) is 5.68. The van der Waals surface area contributed by atoms with Crippen molar-refractivity contribution in [1.29, 1.82) is 0 Å². The van der Waals surface area contributed by atoms with Gasteiger partial charge in [0.2, 0.25) is 0 Å². The van der Waals surface area contributed by atoms with E-state index in [1.807, 2.05) is 36.4 Å². The third-order valence-electron chi connectivity index (χ3n) is 8.29. The van der Waals surface area contributed by atoms with Crippen LogP contribution in [0.3, 0.4) is 0 Å². The molecule has 0 radical (unpaired) electrons. The van der Waals surface area contributed by atoms with Crippen molar-refractivity contribution in [2.45, 2.75) is 44.6 Å². The number of benzene rings is 2. The third-order valence-corrected chi connectivity index (χ3v) is 8.29. The molecule has 0 saturated carbocycles. The van der Waals surface area contributed by atoms with Crippen molar-refractivity contribution in [1.82, 2.24) is 25.1 Å². The molecular formula is C31H34N6O2. The highest BCUT2D eigenvalue weighted by Gasteiger charge is 2.39. The number of pyridine rings is 1. The average molecular weight is 523 g/mol. The van der Waals surface area contributed by atoms with Crippen LogP contribution < -0.4 is 10.1 Å². The highest BCUT2D eigenvalue weighted by Crippen LogP contribution is 2.40. The number of likely N-dealkylation sites (tertiary alicyclic amines) is 1. The Morgan fingerprint density at radius 3 is 2.72 bits per heavy atom. The lowest BCUT2D eigenvalue weighted by Crippen LogP contribution is -2.46. The van der Waals surface area contributed by atoms with E-state index in [2.05, 4.69) is 58.4 Å². The predicted octanol–water partition coefficient (Wildman–Crippen LogP) is 5.27. The van der Waals surface area contributed by atoms with Crippen LogP contribution in [0.15, 0.2) is 60.9 Å². The van der Waals surface area contributed by atoms with Crippen LogP contribution in [0.2, 0.25) is 0 Å². The Labute approximate surface area is 228 Å². The number of nitrogens with zero attached hydrogens (tertiary/aromatic N) is 4. The van der Waals surface area contributed by atoms with Crippen molar-refractivity contribution in [2.24, 2.45) is 0 Å². The molecule has 0 amide bonds. The number of hydrogen-bond donors (Lipinski definition) is 2. The molecule has 200 valence electrons. The molecule has 2 aromatic carbocycles. The van der Waals surface area contributed by atoms with Gasteiger partial charge in [-0.2, -0.15) is 5.10 Å². The van der Waals surface area contributed by atoms with E-state index in [4.69, 9.17) is 9.72 Å². The predicted molar refractivity (Wildman–Crippen MR) is 151 cm³/mol. The molecule has 8 heteroatoms. The van der Waals surface area contributed by atoms with E-state index in [0.717, 1.165) is 59.9 Å². The summed E-state index contributed by atoms with van der Waals surface area (Å²) in [6, 6.07) is 15.9. The minimum absolute atomic E-state index is 0.0736. The SMILES string of the molecule is Cc1ccc2c(c1C)OC[C@@H]2CC(=O)c1cccc(NC2(c3nc(-c4ccncc4)n[nH]3)CCN(C)CC2)c1. The Morgan fingerprint density at radius 1 is 1.13 bits per heavy atom. The Bertz CT molecular complexity index is 1490. The lowest BCUT2D eigenvalue weighted by atomic mass is 9.86. The first kappa shape index (κ1) is 25.2.